The lowest BCUT2D eigenvalue weighted by Crippen LogP contribution is -2.14. The largest absolute Gasteiger partial charge is 0.135 e. The van der Waals surface area contributed by atoms with Crippen LogP contribution in [0.25, 0.3) is 106 Å². The second-order valence-electron chi connectivity index (χ2n) is 15.2. The van der Waals surface area contributed by atoms with Crippen LogP contribution in [0.15, 0.2) is 158 Å². The molecule has 0 radical (unpaired) electrons. The van der Waals surface area contributed by atoms with Crippen LogP contribution in [0.4, 0.5) is 0 Å². The first-order valence-electron chi connectivity index (χ1n) is 18.4. The molecular formula is C51H32S2. The first kappa shape index (κ1) is 29.7. The summed E-state index contributed by atoms with van der Waals surface area (Å²) in [6.45, 7) is 4.72. The lowest BCUT2D eigenvalue weighted by molar-refractivity contribution is 0.660. The fraction of sp³-hybridized carbons (Fsp3) is 0.0588. The number of hydrogen-bond donors (Lipinski definition) is 0. The SMILES string of the molecule is CC1(C)c2ccccc2-c2cc(-c3c4ccccc4c(-c4ccc5c(c4)sc4ccc6c(ccc7sc8ccccc8c76)c45)c4ccccc34)ccc21. The Balaban J connectivity index is 1.09. The Kier molecular flexibility index (Phi) is 5.97. The predicted molar refractivity (Wildman–Crippen MR) is 233 cm³/mol. The van der Waals surface area contributed by atoms with E-state index in [1.165, 1.54) is 117 Å². The third-order valence-corrected chi connectivity index (χ3v) is 14.3. The van der Waals surface area contributed by atoms with E-state index in [-0.39, 0.29) is 5.41 Å². The maximum Gasteiger partial charge on any atom is 0.0361 e. The topological polar surface area (TPSA) is 0 Å². The highest BCUT2D eigenvalue weighted by Gasteiger charge is 2.35. The monoisotopic (exact) mass is 708 g/mol. The maximum atomic E-state index is 2.46. The van der Waals surface area contributed by atoms with E-state index in [0.29, 0.717) is 0 Å². The van der Waals surface area contributed by atoms with Crippen molar-refractivity contribution in [2.75, 3.05) is 0 Å². The molecule has 0 nitrogen and oxygen atoms in total. The molecule has 2 heterocycles. The van der Waals surface area contributed by atoms with Crippen LogP contribution in [0.2, 0.25) is 0 Å². The third-order valence-electron chi connectivity index (χ3n) is 12.1. The van der Waals surface area contributed by atoms with Crippen molar-refractivity contribution in [2.45, 2.75) is 19.3 Å². The van der Waals surface area contributed by atoms with Crippen LogP contribution >= 0.6 is 22.7 Å². The van der Waals surface area contributed by atoms with Crippen LogP contribution in [0, 0.1) is 0 Å². The Bertz CT molecular complexity index is 3310. The summed E-state index contributed by atoms with van der Waals surface area (Å²) in [4.78, 5) is 0. The number of benzene rings is 9. The fourth-order valence-corrected chi connectivity index (χ4v) is 12.0. The van der Waals surface area contributed by atoms with Gasteiger partial charge in [0.05, 0.1) is 0 Å². The smallest absolute Gasteiger partial charge is 0.0361 e. The molecule has 11 aromatic rings. The van der Waals surface area contributed by atoms with Gasteiger partial charge in [-0.25, -0.2) is 0 Å². The van der Waals surface area contributed by atoms with Gasteiger partial charge in [-0.1, -0.05) is 141 Å². The van der Waals surface area contributed by atoms with Crippen molar-refractivity contribution in [1.82, 2.24) is 0 Å². The van der Waals surface area contributed by atoms with Crippen molar-refractivity contribution in [3.63, 3.8) is 0 Å². The van der Waals surface area contributed by atoms with Crippen LogP contribution in [-0.4, -0.2) is 0 Å². The molecule has 2 heteroatoms. The highest BCUT2D eigenvalue weighted by Crippen LogP contribution is 2.52. The lowest BCUT2D eigenvalue weighted by atomic mass is 9.81. The average molecular weight is 709 g/mol. The van der Waals surface area contributed by atoms with E-state index in [0.717, 1.165) is 0 Å². The molecule has 0 bridgehead atoms. The summed E-state index contributed by atoms with van der Waals surface area (Å²) >= 11 is 3.81. The summed E-state index contributed by atoms with van der Waals surface area (Å²) in [5.41, 5.74) is 10.7. The van der Waals surface area contributed by atoms with E-state index in [2.05, 4.69) is 172 Å². The molecule has 0 saturated carbocycles. The molecule has 0 spiro atoms. The molecule has 0 atom stereocenters. The number of hydrogen-bond acceptors (Lipinski definition) is 2. The highest BCUT2D eigenvalue weighted by molar-refractivity contribution is 7.26. The van der Waals surface area contributed by atoms with Gasteiger partial charge in [0.25, 0.3) is 0 Å². The molecule has 1 aliphatic rings. The summed E-state index contributed by atoms with van der Waals surface area (Å²) in [5, 5.41) is 13.3. The first-order chi connectivity index (χ1) is 26.0. The highest BCUT2D eigenvalue weighted by atomic mass is 32.1. The molecular weight excluding hydrogens is 677 g/mol. The summed E-state index contributed by atoms with van der Waals surface area (Å²) in [6, 6.07) is 59.7. The minimum atomic E-state index is -0.0134. The summed E-state index contributed by atoms with van der Waals surface area (Å²) in [6.07, 6.45) is 0. The predicted octanol–water partition coefficient (Wildman–Crippen LogP) is 15.5. The van der Waals surface area contributed by atoms with Crippen LogP contribution in [0.1, 0.15) is 25.0 Å². The van der Waals surface area contributed by atoms with Gasteiger partial charge in [0.15, 0.2) is 0 Å². The van der Waals surface area contributed by atoms with E-state index < -0.39 is 0 Å². The molecule has 0 aliphatic heterocycles. The Morgan fingerprint density at radius 3 is 1.47 bits per heavy atom. The molecule has 53 heavy (non-hydrogen) atoms. The van der Waals surface area contributed by atoms with E-state index in [1.807, 2.05) is 22.7 Å². The van der Waals surface area contributed by atoms with Gasteiger partial charge in [0.1, 0.15) is 0 Å². The zero-order chi connectivity index (χ0) is 35.0. The van der Waals surface area contributed by atoms with Crippen molar-refractivity contribution in [1.29, 1.82) is 0 Å². The van der Waals surface area contributed by atoms with Gasteiger partial charge in [-0.15, -0.1) is 22.7 Å². The molecule has 0 fully saturated rings. The van der Waals surface area contributed by atoms with Crippen LogP contribution in [0.3, 0.4) is 0 Å². The molecule has 0 N–H and O–H groups in total. The molecule has 9 aromatic carbocycles. The van der Waals surface area contributed by atoms with Gasteiger partial charge < -0.3 is 0 Å². The zero-order valence-corrected chi connectivity index (χ0v) is 31.0. The number of fused-ring (bicyclic) bond motifs is 14. The molecule has 2 aromatic heterocycles. The Labute approximate surface area is 315 Å². The van der Waals surface area contributed by atoms with E-state index in [4.69, 9.17) is 0 Å². The van der Waals surface area contributed by atoms with E-state index in [1.54, 1.807) is 0 Å². The molecule has 1 aliphatic carbocycles. The van der Waals surface area contributed by atoms with Gasteiger partial charge in [-0.05, 0) is 107 Å². The van der Waals surface area contributed by atoms with Gasteiger partial charge in [-0.2, -0.15) is 0 Å². The molecule has 248 valence electrons. The molecule has 0 saturated heterocycles. The molecule has 0 amide bonds. The van der Waals surface area contributed by atoms with Gasteiger partial charge in [-0.3, -0.25) is 0 Å². The second kappa shape index (κ2) is 10.6. The Hall–Kier alpha value is -5.80. The van der Waals surface area contributed by atoms with Gasteiger partial charge in [0.2, 0.25) is 0 Å². The Morgan fingerprint density at radius 1 is 0.340 bits per heavy atom. The summed E-state index contributed by atoms with van der Waals surface area (Å²) < 4.78 is 5.38. The van der Waals surface area contributed by atoms with Crippen LogP contribution < -0.4 is 0 Å². The van der Waals surface area contributed by atoms with Crippen molar-refractivity contribution >= 4 is 95.3 Å². The normalized spacial score (nSPS) is 13.6. The zero-order valence-electron chi connectivity index (χ0n) is 29.3. The van der Waals surface area contributed by atoms with Crippen molar-refractivity contribution in [2.24, 2.45) is 0 Å². The first-order valence-corrected chi connectivity index (χ1v) is 20.1. The fourth-order valence-electron chi connectivity index (χ4n) is 9.69. The summed E-state index contributed by atoms with van der Waals surface area (Å²) in [7, 11) is 0. The lowest BCUT2D eigenvalue weighted by Gasteiger charge is -2.22. The number of thiophene rings is 2. The van der Waals surface area contributed by atoms with Crippen molar-refractivity contribution in [3.8, 4) is 33.4 Å². The molecule has 0 unspecified atom stereocenters. The van der Waals surface area contributed by atoms with Crippen LogP contribution in [0.5, 0.6) is 0 Å². The van der Waals surface area contributed by atoms with Gasteiger partial charge >= 0.3 is 0 Å². The van der Waals surface area contributed by atoms with E-state index >= 15 is 0 Å². The molecule has 12 rings (SSSR count). The average Bonchev–Trinajstić information content (AvgIpc) is 3.84. The standard InChI is InChI=1S/C51H32S2/c1-51(2)41-17-9-7-11-31(41)40-27-29(20-24-42(40)51)47-32-12-3-5-14-34(32)48(35-15-6-4-13-33(35)47)30-19-21-39-46(28-30)53-45-26-23-36-37(50(39)45)22-25-44-49(36)38-16-8-10-18-43(38)52-44/h3-28H,1-2H3. The summed E-state index contributed by atoms with van der Waals surface area (Å²) in [5.74, 6) is 0. The minimum absolute atomic E-state index is 0.0134. The Morgan fingerprint density at radius 2 is 0.811 bits per heavy atom. The second-order valence-corrected chi connectivity index (χ2v) is 17.3. The van der Waals surface area contributed by atoms with Crippen LogP contribution in [-0.2, 0) is 5.41 Å². The third kappa shape index (κ3) is 4.00. The van der Waals surface area contributed by atoms with Gasteiger partial charge in [0, 0.05) is 45.8 Å². The quantitative estimate of drug-likeness (QED) is 0.157. The van der Waals surface area contributed by atoms with Crippen molar-refractivity contribution < 1.29 is 0 Å². The van der Waals surface area contributed by atoms with E-state index in [9.17, 15) is 0 Å². The minimum Gasteiger partial charge on any atom is -0.135 e. The maximum absolute atomic E-state index is 2.46. The van der Waals surface area contributed by atoms with Crippen molar-refractivity contribution in [3.05, 3.63) is 169 Å². The number of rotatable bonds is 2.